The van der Waals surface area contributed by atoms with Crippen LogP contribution < -0.4 is 5.43 Å². The Bertz CT molecular complexity index is 511. The van der Waals surface area contributed by atoms with Gasteiger partial charge in [0, 0.05) is 17.1 Å². The zero-order valence-electron chi connectivity index (χ0n) is 7.10. The van der Waals surface area contributed by atoms with E-state index in [1.165, 1.54) is 0 Å². The molecule has 13 heavy (non-hydrogen) atoms. The van der Waals surface area contributed by atoms with Crippen LogP contribution >= 0.6 is 22.6 Å². The van der Waals surface area contributed by atoms with Crippen molar-refractivity contribution in [2.24, 2.45) is 0 Å². The Morgan fingerprint density at radius 2 is 2.15 bits per heavy atom. The van der Waals surface area contributed by atoms with Crippen molar-refractivity contribution >= 4 is 33.5 Å². The van der Waals surface area contributed by atoms with Gasteiger partial charge in [0.15, 0.2) is 0 Å². The average molecular weight is 285 g/mol. The van der Waals surface area contributed by atoms with Crippen LogP contribution in [0.15, 0.2) is 29.2 Å². The minimum Gasteiger partial charge on any atom is -0.360 e. The summed E-state index contributed by atoms with van der Waals surface area (Å²) in [7, 11) is 0. The van der Waals surface area contributed by atoms with Crippen molar-refractivity contribution in [1.29, 1.82) is 0 Å². The maximum atomic E-state index is 11.7. The summed E-state index contributed by atoms with van der Waals surface area (Å²) in [5.41, 5.74) is 2.12. The van der Waals surface area contributed by atoms with Gasteiger partial charge in [-0.15, -0.1) is 0 Å². The number of H-pyrrole nitrogens is 1. The fourth-order valence-electron chi connectivity index (χ4n) is 1.31. The van der Waals surface area contributed by atoms with Gasteiger partial charge in [0.1, 0.15) is 0 Å². The molecule has 0 amide bonds. The number of halogens is 1. The minimum absolute atomic E-state index is 0.109. The van der Waals surface area contributed by atoms with E-state index < -0.39 is 0 Å². The molecule has 1 aromatic carbocycles. The Morgan fingerprint density at radius 1 is 1.38 bits per heavy atom. The van der Waals surface area contributed by atoms with Crippen molar-refractivity contribution in [3.63, 3.8) is 0 Å². The zero-order chi connectivity index (χ0) is 9.42. The first-order valence-electron chi connectivity index (χ1n) is 3.96. The van der Waals surface area contributed by atoms with Crippen LogP contribution in [0, 0.1) is 10.5 Å². The number of fused-ring (bicyclic) bond motifs is 1. The lowest BCUT2D eigenvalue weighted by molar-refractivity contribution is 1.35. The fourth-order valence-corrected chi connectivity index (χ4v) is 1.75. The second-order valence-electron chi connectivity index (χ2n) is 3.01. The second-order valence-corrected chi connectivity index (χ2v) is 4.18. The molecule has 1 N–H and O–H groups in total. The van der Waals surface area contributed by atoms with E-state index in [1.807, 2.05) is 47.7 Å². The van der Waals surface area contributed by atoms with Crippen molar-refractivity contribution in [3.8, 4) is 0 Å². The number of nitrogens with one attached hydrogen (secondary N) is 1. The van der Waals surface area contributed by atoms with E-state index in [4.69, 9.17) is 0 Å². The number of hydrogen-bond acceptors (Lipinski definition) is 1. The highest BCUT2D eigenvalue weighted by atomic mass is 127. The van der Waals surface area contributed by atoms with Gasteiger partial charge in [-0.3, -0.25) is 4.79 Å². The first-order chi connectivity index (χ1) is 6.18. The fraction of sp³-hybridized carbons (Fsp3) is 0.100. The summed E-state index contributed by atoms with van der Waals surface area (Å²) in [5, 5.41) is 0.770. The molecule has 0 saturated heterocycles. The quantitative estimate of drug-likeness (QED) is 0.741. The lowest BCUT2D eigenvalue weighted by atomic mass is 10.1. The molecule has 0 saturated carbocycles. The summed E-state index contributed by atoms with van der Waals surface area (Å²) in [6, 6.07) is 5.84. The van der Waals surface area contributed by atoms with Crippen molar-refractivity contribution in [2.45, 2.75) is 6.92 Å². The van der Waals surface area contributed by atoms with Crippen LogP contribution in [-0.4, -0.2) is 4.98 Å². The van der Waals surface area contributed by atoms with E-state index in [1.54, 1.807) is 6.20 Å². The number of pyridine rings is 1. The molecule has 0 fully saturated rings. The van der Waals surface area contributed by atoms with E-state index in [2.05, 4.69) is 4.98 Å². The summed E-state index contributed by atoms with van der Waals surface area (Å²) in [6.45, 7) is 1.98. The van der Waals surface area contributed by atoms with E-state index in [9.17, 15) is 4.79 Å². The molecule has 0 spiro atoms. The average Bonchev–Trinajstić information content (AvgIpc) is 2.12. The maximum absolute atomic E-state index is 11.7. The number of aromatic amines is 1. The third kappa shape index (κ3) is 1.48. The number of rotatable bonds is 0. The van der Waals surface area contributed by atoms with Crippen molar-refractivity contribution in [1.82, 2.24) is 4.98 Å². The van der Waals surface area contributed by atoms with E-state index in [0.717, 1.165) is 20.0 Å². The third-order valence-corrected chi connectivity index (χ3v) is 2.79. The number of aryl methyl sites for hydroxylation is 1. The SMILES string of the molecule is Cc1ccc2[nH]cc(I)c(=O)c2c1. The van der Waals surface area contributed by atoms with Crippen LogP contribution in [0.2, 0.25) is 0 Å². The molecular formula is C10H8INO. The van der Waals surface area contributed by atoms with Gasteiger partial charge in [-0.2, -0.15) is 0 Å². The predicted octanol–water partition coefficient (Wildman–Crippen LogP) is 2.44. The third-order valence-electron chi connectivity index (χ3n) is 1.99. The summed E-state index contributed by atoms with van der Waals surface area (Å²) in [6.07, 6.45) is 1.74. The summed E-state index contributed by atoms with van der Waals surface area (Å²) in [4.78, 5) is 14.7. The molecule has 0 aliphatic rings. The van der Waals surface area contributed by atoms with Crippen molar-refractivity contribution < 1.29 is 0 Å². The van der Waals surface area contributed by atoms with Gasteiger partial charge in [0.2, 0.25) is 5.43 Å². The summed E-state index contributed by atoms with van der Waals surface area (Å²) >= 11 is 2.04. The topological polar surface area (TPSA) is 32.9 Å². The van der Waals surface area contributed by atoms with Crippen LogP contribution in [0.1, 0.15) is 5.56 Å². The van der Waals surface area contributed by atoms with Crippen molar-refractivity contribution in [2.75, 3.05) is 0 Å². The van der Waals surface area contributed by atoms with Gasteiger partial charge < -0.3 is 4.98 Å². The molecule has 2 rings (SSSR count). The highest BCUT2D eigenvalue weighted by Gasteiger charge is 2.01. The molecule has 0 atom stereocenters. The molecule has 0 aliphatic carbocycles. The molecule has 66 valence electrons. The molecule has 2 nitrogen and oxygen atoms in total. The largest absolute Gasteiger partial charge is 0.360 e. The first kappa shape index (κ1) is 8.74. The lowest BCUT2D eigenvalue weighted by Gasteiger charge is -1.99. The maximum Gasteiger partial charge on any atom is 0.202 e. The van der Waals surface area contributed by atoms with Crippen LogP contribution in [0.25, 0.3) is 10.9 Å². The molecule has 0 bridgehead atoms. The Kier molecular flexibility index (Phi) is 2.11. The lowest BCUT2D eigenvalue weighted by Crippen LogP contribution is -2.06. The highest BCUT2D eigenvalue weighted by Crippen LogP contribution is 2.10. The molecule has 0 unspecified atom stereocenters. The monoisotopic (exact) mass is 285 g/mol. The Hall–Kier alpha value is -0.840. The van der Waals surface area contributed by atoms with E-state index in [0.29, 0.717) is 0 Å². The standard InChI is InChI=1S/C10H8INO/c1-6-2-3-9-7(4-6)10(13)8(11)5-12-9/h2-5H,1H3,(H,12,13). The molecule has 1 aromatic heterocycles. The Labute approximate surface area is 89.1 Å². The normalized spacial score (nSPS) is 10.6. The molecule has 0 aliphatic heterocycles. The Balaban J connectivity index is 2.97. The highest BCUT2D eigenvalue weighted by molar-refractivity contribution is 14.1. The van der Waals surface area contributed by atoms with Crippen LogP contribution in [0.3, 0.4) is 0 Å². The smallest absolute Gasteiger partial charge is 0.202 e. The molecule has 1 heterocycles. The summed E-state index contributed by atoms with van der Waals surface area (Å²) < 4.78 is 0.732. The minimum atomic E-state index is 0.109. The van der Waals surface area contributed by atoms with E-state index in [-0.39, 0.29) is 5.43 Å². The number of hydrogen-bond donors (Lipinski definition) is 1. The van der Waals surface area contributed by atoms with Gasteiger partial charge >= 0.3 is 0 Å². The van der Waals surface area contributed by atoms with Crippen molar-refractivity contribution in [3.05, 3.63) is 43.8 Å². The number of benzene rings is 1. The van der Waals surface area contributed by atoms with E-state index >= 15 is 0 Å². The Morgan fingerprint density at radius 3 is 2.92 bits per heavy atom. The summed E-state index contributed by atoms with van der Waals surface area (Å²) in [5.74, 6) is 0. The molecule has 0 radical (unpaired) electrons. The second kappa shape index (κ2) is 3.14. The van der Waals surface area contributed by atoms with Gasteiger partial charge in [0.25, 0.3) is 0 Å². The van der Waals surface area contributed by atoms with Gasteiger partial charge in [-0.25, -0.2) is 0 Å². The molecule has 3 heteroatoms. The van der Waals surface area contributed by atoms with Crippen LogP contribution in [-0.2, 0) is 0 Å². The number of aromatic nitrogens is 1. The first-order valence-corrected chi connectivity index (χ1v) is 5.04. The van der Waals surface area contributed by atoms with Crippen LogP contribution in [0.5, 0.6) is 0 Å². The van der Waals surface area contributed by atoms with Crippen LogP contribution in [0.4, 0.5) is 0 Å². The van der Waals surface area contributed by atoms with Gasteiger partial charge in [-0.05, 0) is 41.6 Å². The van der Waals surface area contributed by atoms with Gasteiger partial charge in [0.05, 0.1) is 3.57 Å². The predicted molar refractivity (Wildman–Crippen MR) is 62.0 cm³/mol. The molecule has 2 aromatic rings. The molecular weight excluding hydrogens is 277 g/mol. The van der Waals surface area contributed by atoms with Gasteiger partial charge in [-0.1, -0.05) is 11.6 Å². The zero-order valence-corrected chi connectivity index (χ0v) is 9.25.